The maximum atomic E-state index is 12.9. The Bertz CT molecular complexity index is 1640. The van der Waals surface area contributed by atoms with Gasteiger partial charge in [0, 0.05) is 62.3 Å². The Morgan fingerprint density at radius 2 is 0.833 bits per heavy atom. The van der Waals surface area contributed by atoms with Crippen molar-refractivity contribution in [2.75, 3.05) is 19.8 Å². The normalized spacial score (nSPS) is 34.5. The first kappa shape index (κ1) is 47.7. The van der Waals surface area contributed by atoms with E-state index in [2.05, 4.69) is 5.32 Å². The number of amides is 1. The van der Waals surface area contributed by atoms with Crippen LogP contribution in [0.15, 0.2) is 0 Å². The first-order valence-corrected chi connectivity index (χ1v) is 18.6. The molecule has 4 rings (SSSR count). The molecule has 4 aliphatic heterocycles. The van der Waals surface area contributed by atoms with Crippen LogP contribution in [-0.2, 0) is 109 Å². The van der Waals surface area contributed by atoms with E-state index in [0.29, 0.717) is 0 Å². The van der Waals surface area contributed by atoms with Crippen LogP contribution in [0.3, 0.4) is 0 Å². The summed E-state index contributed by atoms with van der Waals surface area (Å²) in [5.74, 6) is -7.73. The highest BCUT2D eigenvalue weighted by Crippen LogP contribution is 2.39. The zero-order valence-corrected chi connectivity index (χ0v) is 34.2. The molecule has 60 heavy (non-hydrogen) atoms. The van der Waals surface area contributed by atoms with Gasteiger partial charge in [-0.15, -0.1) is 0 Å². The molecule has 2 bridgehead atoms. The van der Waals surface area contributed by atoms with Crippen molar-refractivity contribution in [3.05, 3.63) is 0 Å². The third-order valence-electron chi connectivity index (χ3n) is 8.92. The van der Waals surface area contributed by atoms with Gasteiger partial charge in [0.2, 0.25) is 5.91 Å². The number of ether oxygens (including phenoxy) is 14. The molecule has 336 valence electrons. The van der Waals surface area contributed by atoms with Crippen molar-refractivity contribution in [3.8, 4) is 0 Å². The highest BCUT2D eigenvalue weighted by Gasteiger charge is 2.60. The summed E-state index contributed by atoms with van der Waals surface area (Å²) >= 11 is 0. The smallest absolute Gasteiger partial charge is 0.303 e. The maximum Gasteiger partial charge on any atom is 0.303 e. The molecular weight excluding hydrogens is 814 g/mol. The SMILES string of the molecule is CC(=O)NC1C2OCC(O2)C(OC2OC(COC(C)=O)C(OC(C)=O)C(OC3OC(COC(C)=O)C(OC(C)=O)C(OC(C)=O)C3OC(C)=O)C2OC(C)=O)C1OC(C)=O. The molecule has 0 aliphatic carbocycles. The molecule has 24 nitrogen and oxygen atoms in total. The molecule has 15 unspecified atom stereocenters. The van der Waals surface area contributed by atoms with Gasteiger partial charge in [0.05, 0.1) is 6.61 Å². The summed E-state index contributed by atoms with van der Waals surface area (Å²) < 4.78 is 80.6. The van der Waals surface area contributed by atoms with Gasteiger partial charge in [-0.2, -0.15) is 0 Å². The summed E-state index contributed by atoms with van der Waals surface area (Å²) in [4.78, 5) is 112. The Morgan fingerprint density at radius 3 is 1.27 bits per heavy atom. The van der Waals surface area contributed by atoms with Gasteiger partial charge in [-0.05, 0) is 0 Å². The van der Waals surface area contributed by atoms with Crippen molar-refractivity contribution in [2.24, 2.45) is 0 Å². The molecule has 0 aromatic carbocycles. The van der Waals surface area contributed by atoms with Crippen molar-refractivity contribution >= 4 is 53.7 Å². The molecular formula is C36H49NO23. The Kier molecular flexibility index (Phi) is 16.7. The van der Waals surface area contributed by atoms with Crippen molar-refractivity contribution in [3.63, 3.8) is 0 Å². The fraction of sp³-hybridized carbons (Fsp3) is 0.750. The van der Waals surface area contributed by atoms with Gasteiger partial charge in [0.15, 0.2) is 55.5 Å². The Morgan fingerprint density at radius 1 is 0.450 bits per heavy atom. The van der Waals surface area contributed by atoms with Gasteiger partial charge >= 0.3 is 47.8 Å². The van der Waals surface area contributed by atoms with Crippen LogP contribution in [0.1, 0.15) is 62.3 Å². The van der Waals surface area contributed by atoms with Crippen LogP contribution >= 0.6 is 0 Å². The summed E-state index contributed by atoms with van der Waals surface area (Å²) in [6.07, 6.45) is -22.1. The van der Waals surface area contributed by atoms with Crippen LogP contribution in [0, 0.1) is 0 Å². The molecule has 0 aromatic heterocycles. The molecule has 4 fully saturated rings. The summed E-state index contributed by atoms with van der Waals surface area (Å²) in [6.45, 7) is 8.03. The largest absolute Gasteiger partial charge is 0.463 e. The highest BCUT2D eigenvalue weighted by molar-refractivity contribution is 5.74. The predicted octanol–water partition coefficient (Wildman–Crippen LogP) is -1.82. The van der Waals surface area contributed by atoms with E-state index in [1.165, 1.54) is 6.92 Å². The van der Waals surface area contributed by atoms with E-state index in [4.69, 9.17) is 66.3 Å². The van der Waals surface area contributed by atoms with E-state index in [0.717, 1.165) is 55.4 Å². The number of fused-ring (bicyclic) bond motifs is 2. The van der Waals surface area contributed by atoms with Crippen molar-refractivity contribution < 1.29 is 109 Å². The van der Waals surface area contributed by atoms with Gasteiger partial charge in [-0.25, -0.2) is 0 Å². The summed E-state index contributed by atoms with van der Waals surface area (Å²) in [6, 6.07) is -1.14. The molecule has 0 aromatic rings. The summed E-state index contributed by atoms with van der Waals surface area (Å²) in [5, 5.41) is 2.61. The van der Waals surface area contributed by atoms with E-state index in [1.807, 2.05) is 0 Å². The van der Waals surface area contributed by atoms with Gasteiger partial charge in [0.1, 0.15) is 49.8 Å². The Balaban J connectivity index is 1.88. The summed E-state index contributed by atoms with van der Waals surface area (Å²) in [5.41, 5.74) is 0. The predicted molar refractivity (Wildman–Crippen MR) is 186 cm³/mol. The van der Waals surface area contributed by atoms with E-state index in [1.54, 1.807) is 0 Å². The van der Waals surface area contributed by atoms with Crippen LogP contribution < -0.4 is 5.32 Å². The van der Waals surface area contributed by atoms with E-state index in [9.17, 15) is 43.2 Å². The number of nitrogens with one attached hydrogen (secondary N) is 1. The Hall–Kier alpha value is -5.01. The third-order valence-corrected chi connectivity index (χ3v) is 8.92. The minimum Gasteiger partial charge on any atom is -0.463 e. The fourth-order valence-electron chi connectivity index (χ4n) is 6.99. The first-order chi connectivity index (χ1) is 28.1. The topological polar surface area (TPSA) is 295 Å². The second-order valence-corrected chi connectivity index (χ2v) is 13.9. The zero-order valence-electron chi connectivity index (χ0n) is 34.2. The molecule has 1 amide bonds. The maximum absolute atomic E-state index is 12.9. The lowest BCUT2D eigenvalue weighted by Crippen LogP contribution is -2.69. The van der Waals surface area contributed by atoms with Crippen LogP contribution in [0.2, 0.25) is 0 Å². The second-order valence-electron chi connectivity index (χ2n) is 13.9. The Labute approximate surface area is 342 Å². The average molecular weight is 864 g/mol. The monoisotopic (exact) mass is 863 g/mol. The molecule has 0 saturated carbocycles. The summed E-state index contributed by atoms with van der Waals surface area (Å²) in [7, 11) is 0. The van der Waals surface area contributed by atoms with Crippen LogP contribution in [0.4, 0.5) is 0 Å². The van der Waals surface area contributed by atoms with Crippen LogP contribution in [0.5, 0.6) is 0 Å². The molecule has 4 aliphatic rings. The minimum absolute atomic E-state index is 0.147. The lowest BCUT2D eigenvalue weighted by Gasteiger charge is -2.49. The molecule has 4 saturated heterocycles. The fourth-order valence-corrected chi connectivity index (χ4v) is 6.99. The third kappa shape index (κ3) is 12.7. The van der Waals surface area contributed by atoms with Gasteiger partial charge < -0.3 is 71.6 Å². The number of carbonyl (C=O) groups excluding carboxylic acids is 9. The molecule has 24 heteroatoms. The van der Waals surface area contributed by atoms with Gasteiger partial charge in [-0.1, -0.05) is 0 Å². The van der Waals surface area contributed by atoms with Crippen molar-refractivity contribution in [2.45, 2.75) is 154 Å². The number of esters is 8. The van der Waals surface area contributed by atoms with Gasteiger partial charge in [0.25, 0.3) is 0 Å². The van der Waals surface area contributed by atoms with Gasteiger partial charge in [-0.3, -0.25) is 43.2 Å². The molecule has 0 spiro atoms. The molecule has 4 heterocycles. The molecule has 0 radical (unpaired) electrons. The minimum atomic E-state index is -1.94. The number of hydrogen-bond acceptors (Lipinski definition) is 23. The van der Waals surface area contributed by atoms with E-state index < -0.39 is 159 Å². The van der Waals surface area contributed by atoms with Crippen LogP contribution in [0.25, 0.3) is 0 Å². The van der Waals surface area contributed by atoms with Crippen LogP contribution in [-0.4, -0.2) is 166 Å². The molecule has 15 atom stereocenters. The number of rotatable bonds is 15. The highest BCUT2D eigenvalue weighted by atomic mass is 16.8. The quantitative estimate of drug-likeness (QED) is 0.140. The number of carbonyl (C=O) groups is 9. The second kappa shape index (κ2) is 21.0. The molecule has 1 N–H and O–H groups in total. The first-order valence-electron chi connectivity index (χ1n) is 18.6. The number of hydrogen-bond donors (Lipinski definition) is 1. The lowest BCUT2D eigenvalue weighted by atomic mass is 9.95. The standard InChI is InChI=1S/C36H49NO23/c1-13(38)37-25-29(52-18(6)43)26(24-12-49-34(25)56-24)59-35-33(55-21(9)46)31(28(51-17(5)42)23(57-35)11-48-15(3)40)60-36-32(54-20(8)45)30(53-19(7)44)27(50-16(4)41)22(58-36)10-47-14(2)39/h22-36H,10-12H2,1-9H3,(H,37,38). The lowest BCUT2D eigenvalue weighted by molar-refractivity contribution is -0.371. The van der Waals surface area contributed by atoms with E-state index in [-0.39, 0.29) is 6.61 Å². The zero-order chi connectivity index (χ0) is 44.6. The van der Waals surface area contributed by atoms with Crippen molar-refractivity contribution in [1.82, 2.24) is 5.32 Å². The van der Waals surface area contributed by atoms with E-state index >= 15 is 0 Å². The van der Waals surface area contributed by atoms with Crippen molar-refractivity contribution in [1.29, 1.82) is 0 Å². The average Bonchev–Trinajstić information content (AvgIpc) is 3.55.